The summed E-state index contributed by atoms with van der Waals surface area (Å²) in [5, 5.41) is 1.25. The van der Waals surface area contributed by atoms with Crippen molar-refractivity contribution in [3.63, 3.8) is 0 Å². The Labute approximate surface area is 147 Å². The first kappa shape index (κ1) is 17.6. The van der Waals surface area contributed by atoms with Crippen LogP contribution in [0.5, 0.6) is 5.75 Å². The standard InChI is InChI=1S/C18H20Cl2N2O/c1-4-22(2)12-21-18-11-16(19)14(10-17(18)20)8-13-6-5-7-15(9-13)23-3/h5-7,9-12H,4,8H2,1-3H3. The largest absolute Gasteiger partial charge is 0.497 e. The van der Waals surface area contributed by atoms with E-state index in [1.807, 2.05) is 42.3 Å². The minimum atomic E-state index is 0.591. The van der Waals surface area contributed by atoms with Gasteiger partial charge in [-0.1, -0.05) is 35.3 Å². The normalized spacial score (nSPS) is 11.0. The molecule has 2 aromatic carbocycles. The number of aliphatic imine (C=N–C) groups is 1. The Morgan fingerprint density at radius 3 is 2.65 bits per heavy atom. The van der Waals surface area contributed by atoms with Gasteiger partial charge in [-0.2, -0.15) is 0 Å². The van der Waals surface area contributed by atoms with Gasteiger partial charge in [-0.05, 0) is 48.7 Å². The Bertz CT molecular complexity index is 701. The second-order valence-corrected chi connectivity index (χ2v) is 6.06. The van der Waals surface area contributed by atoms with Gasteiger partial charge in [0.25, 0.3) is 0 Å². The lowest BCUT2D eigenvalue weighted by Gasteiger charge is -2.11. The predicted octanol–water partition coefficient (Wildman–Crippen LogP) is 5.20. The Morgan fingerprint density at radius 2 is 1.96 bits per heavy atom. The van der Waals surface area contributed by atoms with Crippen molar-refractivity contribution in [2.45, 2.75) is 13.3 Å². The first-order chi connectivity index (χ1) is 11.0. The van der Waals surface area contributed by atoms with E-state index in [-0.39, 0.29) is 0 Å². The molecule has 0 fully saturated rings. The van der Waals surface area contributed by atoms with Crippen molar-refractivity contribution in [3.8, 4) is 5.75 Å². The molecule has 0 N–H and O–H groups in total. The van der Waals surface area contributed by atoms with Gasteiger partial charge in [-0.25, -0.2) is 4.99 Å². The first-order valence-electron chi connectivity index (χ1n) is 7.38. The zero-order valence-electron chi connectivity index (χ0n) is 13.5. The van der Waals surface area contributed by atoms with Crippen molar-refractivity contribution in [2.24, 2.45) is 4.99 Å². The fraction of sp³-hybridized carbons (Fsp3) is 0.278. The smallest absolute Gasteiger partial charge is 0.119 e. The Hall–Kier alpha value is -1.71. The molecule has 122 valence electrons. The summed E-state index contributed by atoms with van der Waals surface area (Å²) in [6, 6.07) is 11.6. The van der Waals surface area contributed by atoms with Crippen LogP contribution in [0.1, 0.15) is 18.1 Å². The summed E-state index contributed by atoms with van der Waals surface area (Å²) in [7, 11) is 3.61. The van der Waals surface area contributed by atoms with Crippen LogP contribution in [0.25, 0.3) is 0 Å². The fourth-order valence-corrected chi connectivity index (χ4v) is 2.52. The SMILES string of the molecule is CCN(C)C=Nc1cc(Cl)c(Cc2cccc(OC)c2)cc1Cl. The van der Waals surface area contributed by atoms with Gasteiger partial charge in [-0.15, -0.1) is 0 Å². The lowest BCUT2D eigenvalue weighted by molar-refractivity contribution is 0.414. The van der Waals surface area contributed by atoms with Crippen molar-refractivity contribution in [1.29, 1.82) is 0 Å². The number of rotatable bonds is 6. The third kappa shape index (κ3) is 4.88. The monoisotopic (exact) mass is 350 g/mol. The Balaban J connectivity index is 2.24. The zero-order chi connectivity index (χ0) is 16.8. The van der Waals surface area contributed by atoms with E-state index >= 15 is 0 Å². The van der Waals surface area contributed by atoms with E-state index in [4.69, 9.17) is 27.9 Å². The van der Waals surface area contributed by atoms with E-state index in [9.17, 15) is 0 Å². The molecule has 0 unspecified atom stereocenters. The first-order valence-corrected chi connectivity index (χ1v) is 8.14. The molecular weight excluding hydrogens is 331 g/mol. The number of halogens is 2. The van der Waals surface area contributed by atoms with Gasteiger partial charge in [0.05, 0.1) is 24.2 Å². The van der Waals surface area contributed by atoms with Gasteiger partial charge in [-0.3, -0.25) is 0 Å². The number of hydrogen-bond acceptors (Lipinski definition) is 2. The van der Waals surface area contributed by atoms with Crippen LogP contribution in [0, 0.1) is 0 Å². The zero-order valence-corrected chi connectivity index (χ0v) is 15.0. The van der Waals surface area contributed by atoms with Crippen LogP contribution < -0.4 is 4.74 Å². The van der Waals surface area contributed by atoms with Crippen molar-refractivity contribution in [2.75, 3.05) is 20.7 Å². The molecule has 0 aliphatic carbocycles. The molecular formula is C18H20Cl2N2O. The Kier molecular flexibility index (Phi) is 6.31. The summed E-state index contributed by atoms with van der Waals surface area (Å²) in [6.45, 7) is 2.93. The summed E-state index contributed by atoms with van der Waals surface area (Å²) >= 11 is 12.7. The van der Waals surface area contributed by atoms with Crippen LogP contribution in [-0.4, -0.2) is 31.9 Å². The minimum absolute atomic E-state index is 0.591. The lowest BCUT2D eigenvalue weighted by Crippen LogP contribution is -2.14. The third-order valence-corrected chi connectivity index (χ3v) is 4.19. The second-order valence-electron chi connectivity index (χ2n) is 5.24. The van der Waals surface area contributed by atoms with Gasteiger partial charge < -0.3 is 9.64 Å². The minimum Gasteiger partial charge on any atom is -0.497 e. The maximum absolute atomic E-state index is 6.40. The van der Waals surface area contributed by atoms with Crippen LogP contribution in [0.2, 0.25) is 10.0 Å². The molecule has 3 nitrogen and oxygen atoms in total. The van der Waals surface area contributed by atoms with Crippen molar-refractivity contribution >= 4 is 35.2 Å². The van der Waals surface area contributed by atoms with Crippen LogP contribution >= 0.6 is 23.2 Å². The number of benzene rings is 2. The highest BCUT2D eigenvalue weighted by molar-refractivity contribution is 6.35. The van der Waals surface area contributed by atoms with E-state index in [0.29, 0.717) is 22.2 Å². The maximum atomic E-state index is 6.40. The van der Waals surface area contributed by atoms with E-state index in [1.54, 1.807) is 19.5 Å². The topological polar surface area (TPSA) is 24.8 Å². The molecule has 23 heavy (non-hydrogen) atoms. The molecule has 0 spiro atoms. The van der Waals surface area contributed by atoms with E-state index in [2.05, 4.69) is 11.9 Å². The summed E-state index contributed by atoms with van der Waals surface area (Å²) in [5.41, 5.74) is 2.75. The van der Waals surface area contributed by atoms with Gasteiger partial charge in [0.15, 0.2) is 0 Å². The number of nitrogens with zero attached hydrogens (tertiary/aromatic N) is 2. The third-order valence-electron chi connectivity index (χ3n) is 3.54. The molecule has 0 atom stereocenters. The van der Waals surface area contributed by atoms with Crippen molar-refractivity contribution in [1.82, 2.24) is 4.90 Å². The molecule has 2 rings (SSSR count). The maximum Gasteiger partial charge on any atom is 0.119 e. The van der Waals surface area contributed by atoms with Gasteiger partial charge in [0.2, 0.25) is 0 Å². The number of hydrogen-bond donors (Lipinski definition) is 0. The van der Waals surface area contributed by atoms with E-state index in [0.717, 1.165) is 23.4 Å². The summed E-state index contributed by atoms with van der Waals surface area (Å²) in [4.78, 5) is 6.34. The molecule has 0 radical (unpaired) electrons. The van der Waals surface area contributed by atoms with Gasteiger partial charge in [0, 0.05) is 18.6 Å². The molecule has 5 heteroatoms. The van der Waals surface area contributed by atoms with Crippen LogP contribution in [-0.2, 0) is 6.42 Å². The second kappa shape index (κ2) is 8.23. The average Bonchev–Trinajstić information content (AvgIpc) is 2.56. The molecule has 0 aliphatic rings. The summed E-state index contributed by atoms with van der Waals surface area (Å²) < 4.78 is 5.25. The molecule has 0 saturated heterocycles. The number of ether oxygens (including phenoxy) is 1. The predicted molar refractivity (Wildman–Crippen MR) is 98.7 cm³/mol. The van der Waals surface area contributed by atoms with Crippen LogP contribution in [0.15, 0.2) is 41.4 Å². The molecule has 0 saturated carbocycles. The fourth-order valence-electron chi connectivity index (χ4n) is 2.06. The van der Waals surface area contributed by atoms with Gasteiger partial charge >= 0.3 is 0 Å². The molecule has 0 bridgehead atoms. The Morgan fingerprint density at radius 1 is 1.17 bits per heavy atom. The number of methoxy groups -OCH3 is 1. The van der Waals surface area contributed by atoms with Crippen LogP contribution in [0.4, 0.5) is 5.69 Å². The highest BCUT2D eigenvalue weighted by atomic mass is 35.5. The summed E-state index contributed by atoms with van der Waals surface area (Å²) in [5.74, 6) is 0.827. The molecule has 2 aromatic rings. The van der Waals surface area contributed by atoms with E-state index < -0.39 is 0 Å². The molecule has 0 heterocycles. The molecule has 0 amide bonds. The van der Waals surface area contributed by atoms with Gasteiger partial charge in [0.1, 0.15) is 5.75 Å². The summed E-state index contributed by atoms with van der Waals surface area (Å²) in [6.07, 6.45) is 2.44. The van der Waals surface area contributed by atoms with E-state index in [1.165, 1.54) is 0 Å². The quantitative estimate of drug-likeness (QED) is 0.528. The van der Waals surface area contributed by atoms with Crippen molar-refractivity contribution < 1.29 is 4.74 Å². The highest BCUT2D eigenvalue weighted by Crippen LogP contribution is 2.32. The molecule has 0 aliphatic heterocycles. The van der Waals surface area contributed by atoms with Crippen LogP contribution in [0.3, 0.4) is 0 Å². The van der Waals surface area contributed by atoms with Crippen molar-refractivity contribution in [3.05, 3.63) is 57.6 Å². The average molecular weight is 351 g/mol. The molecule has 0 aromatic heterocycles. The lowest BCUT2D eigenvalue weighted by atomic mass is 10.0. The highest BCUT2D eigenvalue weighted by Gasteiger charge is 2.08.